The Kier molecular flexibility index (Phi) is 7.66. The lowest BCUT2D eigenvalue weighted by Gasteiger charge is -2.27. The first-order valence-electron chi connectivity index (χ1n) is 11.8. The lowest BCUT2D eigenvalue weighted by atomic mass is 9.84. The topological polar surface area (TPSA) is 75.1 Å². The molecule has 172 valence electrons. The van der Waals surface area contributed by atoms with E-state index in [1.54, 1.807) is 0 Å². The summed E-state index contributed by atoms with van der Waals surface area (Å²) in [5.41, 5.74) is 4.90. The van der Waals surface area contributed by atoms with Crippen LogP contribution in [0.5, 0.6) is 5.75 Å². The summed E-state index contributed by atoms with van der Waals surface area (Å²) < 4.78 is 11.3. The predicted molar refractivity (Wildman–Crippen MR) is 128 cm³/mol. The number of nitrogens with one attached hydrogen (secondary N) is 2. The fourth-order valence-electron chi connectivity index (χ4n) is 4.44. The maximum absolute atomic E-state index is 9.44. The zero-order chi connectivity index (χ0) is 22.2. The lowest BCUT2D eigenvalue weighted by Crippen LogP contribution is -2.44. The van der Waals surface area contributed by atoms with Crippen molar-refractivity contribution in [3.8, 4) is 16.9 Å². The summed E-state index contributed by atoms with van der Waals surface area (Å²) in [7, 11) is 0. The van der Waals surface area contributed by atoms with Gasteiger partial charge >= 0.3 is 0 Å². The van der Waals surface area contributed by atoms with E-state index in [9.17, 15) is 5.11 Å². The van der Waals surface area contributed by atoms with Gasteiger partial charge in [-0.2, -0.15) is 0 Å². The van der Waals surface area contributed by atoms with Gasteiger partial charge in [-0.1, -0.05) is 30.3 Å². The van der Waals surface area contributed by atoms with Gasteiger partial charge in [0.15, 0.2) is 5.96 Å². The number of aliphatic hydroxyl groups is 1. The van der Waals surface area contributed by atoms with Crippen LogP contribution in [0.3, 0.4) is 0 Å². The van der Waals surface area contributed by atoms with Gasteiger partial charge in [0.25, 0.3) is 0 Å². The van der Waals surface area contributed by atoms with Crippen LogP contribution in [0.15, 0.2) is 47.5 Å². The summed E-state index contributed by atoms with van der Waals surface area (Å²) in [6.07, 6.45) is 3.89. The highest BCUT2D eigenvalue weighted by Crippen LogP contribution is 2.32. The van der Waals surface area contributed by atoms with Crippen LogP contribution in [0.25, 0.3) is 11.1 Å². The fraction of sp³-hybridized carbons (Fsp3) is 0.500. The summed E-state index contributed by atoms with van der Waals surface area (Å²) in [6.45, 7) is 6.69. The molecule has 2 aliphatic rings. The van der Waals surface area contributed by atoms with Gasteiger partial charge in [-0.15, -0.1) is 0 Å². The summed E-state index contributed by atoms with van der Waals surface area (Å²) >= 11 is 0. The number of aliphatic imine (C=N–C) groups is 1. The molecule has 0 aliphatic carbocycles. The van der Waals surface area contributed by atoms with Crippen molar-refractivity contribution >= 4 is 5.96 Å². The summed E-state index contributed by atoms with van der Waals surface area (Å²) in [5, 5.41) is 16.2. The summed E-state index contributed by atoms with van der Waals surface area (Å²) in [6, 6.07) is 15.1. The molecule has 2 aromatic carbocycles. The number of guanidine groups is 1. The number of fused-ring (bicyclic) bond motifs is 1. The Balaban J connectivity index is 1.38. The SMILES string of the molecule is CCNC(=NCc1ccc(-c2ccc3c(c2)CCCO3)cc1)NCC1(CCO)CCOC1. The molecule has 1 saturated heterocycles. The summed E-state index contributed by atoms with van der Waals surface area (Å²) in [5.74, 6) is 1.83. The largest absolute Gasteiger partial charge is 0.493 e. The third-order valence-corrected chi connectivity index (χ3v) is 6.42. The average molecular weight is 438 g/mol. The number of hydrogen-bond donors (Lipinski definition) is 3. The van der Waals surface area contributed by atoms with E-state index in [4.69, 9.17) is 14.5 Å². The third kappa shape index (κ3) is 5.61. The first-order valence-corrected chi connectivity index (χ1v) is 11.8. The van der Waals surface area contributed by atoms with Gasteiger partial charge < -0.3 is 25.2 Å². The Morgan fingerprint density at radius 1 is 1.09 bits per heavy atom. The molecule has 0 spiro atoms. The molecular weight excluding hydrogens is 402 g/mol. The van der Waals surface area contributed by atoms with E-state index in [0.717, 1.165) is 63.7 Å². The Bertz CT molecular complexity index is 905. The maximum Gasteiger partial charge on any atom is 0.191 e. The van der Waals surface area contributed by atoms with Gasteiger partial charge in [0.2, 0.25) is 0 Å². The van der Waals surface area contributed by atoms with E-state index in [1.807, 2.05) is 0 Å². The van der Waals surface area contributed by atoms with Crippen LogP contribution in [0.1, 0.15) is 37.3 Å². The molecule has 2 heterocycles. The monoisotopic (exact) mass is 437 g/mol. The Hall–Kier alpha value is -2.57. The quantitative estimate of drug-likeness (QED) is 0.435. The first kappa shape index (κ1) is 22.6. The van der Waals surface area contributed by atoms with Gasteiger partial charge in [0.1, 0.15) is 5.75 Å². The summed E-state index contributed by atoms with van der Waals surface area (Å²) in [4.78, 5) is 4.77. The van der Waals surface area contributed by atoms with Crippen molar-refractivity contribution in [2.24, 2.45) is 10.4 Å². The number of nitrogens with zero attached hydrogens (tertiary/aromatic N) is 1. The van der Waals surface area contributed by atoms with E-state index >= 15 is 0 Å². The molecule has 6 nitrogen and oxygen atoms in total. The molecule has 1 unspecified atom stereocenters. The van der Waals surface area contributed by atoms with E-state index < -0.39 is 0 Å². The Labute approximate surface area is 191 Å². The van der Waals surface area contributed by atoms with Gasteiger partial charge in [0, 0.05) is 31.7 Å². The van der Waals surface area contributed by atoms with Crippen molar-refractivity contribution in [2.45, 2.75) is 39.2 Å². The second-order valence-corrected chi connectivity index (χ2v) is 8.80. The number of benzene rings is 2. The molecular formula is C26H35N3O3. The molecule has 4 rings (SSSR count). The number of hydrogen-bond acceptors (Lipinski definition) is 4. The molecule has 1 atom stereocenters. The maximum atomic E-state index is 9.44. The molecule has 2 aliphatic heterocycles. The Morgan fingerprint density at radius 2 is 1.94 bits per heavy atom. The van der Waals surface area contributed by atoms with Crippen LogP contribution in [0.4, 0.5) is 0 Å². The standard InChI is InChI=1S/C26H35N3O3/c1-2-27-25(29-18-26(11-13-30)12-15-31-19-26)28-17-20-5-7-21(8-6-20)22-9-10-24-23(16-22)4-3-14-32-24/h5-10,16,30H,2-4,11-15,17-19H2,1H3,(H2,27,28,29). The predicted octanol–water partition coefficient (Wildman–Crippen LogP) is 3.52. The Morgan fingerprint density at radius 3 is 2.69 bits per heavy atom. The van der Waals surface area contributed by atoms with E-state index in [-0.39, 0.29) is 12.0 Å². The van der Waals surface area contributed by atoms with Gasteiger partial charge in [-0.25, -0.2) is 4.99 Å². The number of aryl methyl sites for hydroxylation is 1. The molecule has 0 aromatic heterocycles. The highest BCUT2D eigenvalue weighted by atomic mass is 16.5. The second-order valence-electron chi connectivity index (χ2n) is 8.80. The van der Waals surface area contributed by atoms with Crippen molar-refractivity contribution in [3.63, 3.8) is 0 Å². The normalized spacial score (nSPS) is 20.5. The van der Waals surface area contributed by atoms with Crippen molar-refractivity contribution < 1.29 is 14.6 Å². The minimum Gasteiger partial charge on any atom is -0.493 e. The second kappa shape index (κ2) is 10.8. The molecule has 32 heavy (non-hydrogen) atoms. The van der Waals surface area contributed by atoms with Crippen LogP contribution in [-0.2, 0) is 17.7 Å². The zero-order valence-corrected chi connectivity index (χ0v) is 19.0. The highest BCUT2D eigenvalue weighted by Gasteiger charge is 2.34. The number of rotatable bonds is 8. The van der Waals surface area contributed by atoms with E-state index in [2.05, 4.69) is 60.0 Å². The van der Waals surface area contributed by atoms with Crippen molar-refractivity contribution in [1.29, 1.82) is 0 Å². The van der Waals surface area contributed by atoms with Crippen LogP contribution in [0.2, 0.25) is 0 Å². The van der Waals surface area contributed by atoms with Crippen molar-refractivity contribution in [2.75, 3.05) is 39.5 Å². The van der Waals surface area contributed by atoms with Gasteiger partial charge in [-0.05, 0) is 67.0 Å². The van der Waals surface area contributed by atoms with Crippen molar-refractivity contribution in [1.82, 2.24) is 10.6 Å². The molecule has 0 saturated carbocycles. The zero-order valence-electron chi connectivity index (χ0n) is 19.0. The minimum absolute atomic E-state index is 0.00743. The van der Waals surface area contributed by atoms with E-state index in [1.165, 1.54) is 22.3 Å². The number of aliphatic hydroxyl groups excluding tert-OH is 1. The first-order chi connectivity index (χ1) is 15.7. The third-order valence-electron chi connectivity index (χ3n) is 6.42. The van der Waals surface area contributed by atoms with Gasteiger partial charge in [-0.3, -0.25) is 0 Å². The average Bonchev–Trinajstić information content (AvgIpc) is 3.30. The molecule has 1 fully saturated rings. The van der Waals surface area contributed by atoms with Crippen molar-refractivity contribution in [3.05, 3.63) is 53.6 Å². The molecule has 3 N–H and O–H groups in total. The molecule has 0 radical (unpaired) electrons. The minimum atomic E-state index is -0.00743. The van der Waals surface area contributed by atoms with E-state index in [0.29, 0.717) is 13.2 Å². The molecule has 0 amide bonds. The van der Waals surface area contributed by atoms with Crippen LogP contribution >= 0.6 is 0 Å². The molecule has 2 aromatic rings. The van der Waals surface area contributed by atoms with Crippen LogP contribution in [0, 0.1) is 5.41 Å². The smallest absolute Gasteiger partial charge is 0.191 e. The fourth-order valence-corrected chi connectivity index (χ4v) is 4.44. The van der Waals surface area contributed by atoms with Gasteiger partial charge in [0.05, 0.1) is 19.8 Å². The van der Waals surface area contributed by atoms with Crippen LogP contribution in [-0.4, -0.2) is 50.6 Å². The number of ether oxygens (including phenoxy) is 2. The van der Waals surface area contributed by atoms with Crippen LogP contribution < -0.4 is 15.4 Å². The molecule has 0 bridgehead atoms. The molecule has 6 heteroatoms. The highest BCUT2D eigenvalue weighted by molar-refractivity contribution is 5.79. The lowest BCUT2D eigenvalue weighted by molar-refractivity contribution is 0.127.